The van der Waals surface area contributed by atoms with Crippen LogP contribution in [0.25, 0.3) is 0 Å². The third kappa shape index (κ3) is 4.95. The summed E-state index contributed by atoms with van der Waals surface area (Å²) in [5.41, 5.74) is 5.00. The van der Waals surface area contributed by atoms with Crippen molar-refractivity contribution in [3.8, 4) is 0 Å². The van der Waals surface area contributed by atoms with Crippen molar-refractivity contribution in [2.45, 2.75) is 32.8 Å². The summed E-state index contributed by atoms with van der Waals surface area (Å²) in [5.74, 6) is -2.28. The normalized spacial score (nSPS) is 13.2. The maximum Gasteiger partial charge on any atom is 0.311 e. The fraction of sp³-hybridized carbons (Fsp3) is 0.500. The highest BCUT2D eigenvalue weighted by Gasteiger charge is 2.25. The van der Waals surface area contributed by atoms with Crippen LogP contribution in [0.15, 0.2) is 18.2 Å². The van der Waals surface area contributed by atoms with E-state index < -0.39 is 29.1 Å². The Morgan fingerprint density at radius 1 is 1.37 bits per heavy atom. The van der Waals surface area contributed by atoms with Crippen LogP contribution in [0.1, 0.15) is 26.3 Å². The monoisotopic (exact) mass is 271 g/mol. The predicted molar refractivity (Wildman–Crippen MR) is 68.5 cm³/mol. The smallest absolute Gasteiger partial charge is 0.311 e. The van der Waals surface area contributed by atoms with Crippen LogP contribution in [-0.4, -0.2) is 18.1 Å². The number of nitrogens with two attached hydrogens (primary N) is 1. The van der Waals surface area contributed by atoms with Crippen molar-refractivity contribution in [1.82, 2.24) is 0 Å². The molecular formula is C14H19F2NO2. The first-order valence-corrected chi connectivity index (χ1v) is 6.10. The molecule has 0 aromatic heterocycles. The third-order valence-electron chi connectivity index (χ3n) is 2.50. The van der Waals surface area contributed by atoms with Gasteiger partial charge in [-0.15, -0.1) is 0 Å². The van der Waals surface area contributed by atoms with Crippen LogP contribution in [0.5, 0.6) is 0 Å². The van der Waals surface area contributed by atoms with Gasteiger partial charge in [0.25, 0.3) is 0 Å². The van der Waals surface area contributed by atoms with Crippen LogP contribution in [0.4, 0.5) is 8.78 Å². The Morgan fingerprint density at radius 2 is 2.00 bits per heavy atom. The lowest BCUT2D eigenvalue weighted by molar-refractivity contribution is -0.159. The Hall–Kier alpha value is -1.49. The zero-order valence-electron chi connectivity index (χ0n) is 11.4. The second-order valence-corrected chi connectivity index (χ2v) is 5.41. The van der Waals surface area contributed by atoms with Gasteiger partial charge in [-0.2, -0.15) is 0 Å². The molecule has 0 spiro atoms. The van der Waals surface area contributed by atoms with Gasteiger partial charge in [-0.25, -0.2) is 8.78 Å². The van der Waals surface area contributed by atoms with Gasteiger partial charge in [0.05, 0.1) is 5.92 Å². The molecule has 0 bridgehead atoms. The highest BCUT2D eigenvalue weighted by atomic mass is 19.1. The predicted octanol–water partition coefficient (Wildman–Crippen LogP) is 2.42. The molecule has 0 aliphatic heterocycles. The molecule has 0 aliphatic carbocycles. The van der Waals surface area contributed by atoms with Gasteiger partial charge in [0.15, 0.2) is 0 Å². The molecule has 106 valence electrons. The van der Waals surface area contributed by atoms with Gasteiger partial charge in [-0.1, -0.05) is 0 Å². The minimum Gasteiger partial charge on any atom is -0.460 e. The molecule has 2 N–H and O–H groups in total. The maximum absolute atomic E-state index is 13.5. The lowest BCUT2D eigenvalue weighted by atomic mass is 9.98. The van der Waals surface area contributed by atoms with Crippen LogP contribution in [0.3, 0.4) is 0 Å². The van der Waals surface area contributed by atoms with Gasteiger partial charge >= 0.3 is 5.97 Å². The van der Waals surface area contributed by atoms with E-state index in [1.165, 1.54) is 0 Å². The molecule has 3 nitrogen and oxygen atoms in total. The van der Waals surface area contributed by atoms with E-state index in [9.17, 15) is 13.6 Å². The van der Waals surface area contributed by atoms with E-state index in [1.54, 1.807) is 20.8 Å². The number of halogens is 2. The van der Waals surface area contributed by atoms with E-state index in [0.29, 0.717) is 0 Å². The second kappa shape index (κ2) is 6.10. The van der Waals surface area contributed by atoms with Crippen molar-refractivity contribution in [1.29, 1.82) is 0 Å². The van der Waals surface area contributed by atoms with Crippen LogP contribution in [-0.2, 0) is 16.0 Å². The molecule has 1 aromatic rings. The Labute approximate surface area is 111 Å². The second-order valence-electron chi connectivity index (χ2n) is 5.41. The van der Waals surface area contributed by atoms with Crippen LogP contribution < -0.4 is 5.73 Å². The van der Waals surface area contributed by atoms with E-state index in [0.717, 1.165) is 18.2 Å². The van der Waals surface area contributed by atoms with Crippen molar-refractivity contribution in [2.75, 3.05) is 6.54 Å². The van der Waals surface area contributed by atoms with Crippen molar-refractivity contribution in [2.24, 2.45) is 11.7 Å². The number of rotatable bonds is 4. The largest absolute Gasteiger partial charge is 0.460 e. The highest BCUT2D eigenvalue weighted by Crippen LogP contribution is 2.17. The molecule has 0 aliphatic rings. The summed E-state index contributed by atoms with van der Waals surface area (Å²) in [6, 6.07) is 3.14. The number of esters is 1. The van der Waals surface area contributed by atoms with Gasteiger partial charge in [0.1, 0.15) is 17.2 Å². The van der Waals surface area contributed by atoms with Crippen LogP contribution >= 0.6 is 0 Å². The first-order valence-electron chi connectivity index (χ1n) is 6.10. The van der Waals surface area contributed by atoms with Crippen molar-refractivity contribution in [3.63, 3.8) is 0 Å². The number of benzene rings is 1. The zero-order chi connectivity index (χ0) is 14.6. The molecule has 0 heterocycles. The molecule has 1 unspecified atom stereocenters. The molecule has 0 fully saturated rings. The summed E-state index contributed by atoms with van der Waals surface area (Å²) in [7, 11) is 0. The molecular weight excluding hydrogens is 252 g/mol. The first-order chi connectivity index (χ1) is 8.73. The van der Waals surface area contributed by atoms with Gasteiger partial charge in [-0.3, -0.25) is 4.79 Å². The van der Waals surface area contributed by atoms with Gasteiger partial charge in [0.2, 0.25) is 0 Å². The fourth-order valence-corrected chi connectivity index (χ4v) is 1.61. The Balaban J connectivity index is 2.82. The molecule has 1 aromatic carbocycles. The summed E-state index contributed by atoms with van der Waals surface area (Å²) >= 11 is 0. The Morgan fingerprint density at radius 3 is 2.53 bits per heavy atom. The minimum absolute atomic E-state index is 0.0187. The molecule has 5 heteroatoms. The average molecular weight is 271 g/mol. The molecule has 1 atom stereocenters. The molecule has 1 rings (SSSR count). The number of hydrogen-bond donors (Lipinski definition) is 1. The highest BCUT2D eigenvalue weighted by molar-refractivity contribution is 5.73. The number of carbonyl (C=O) groups excluding carboxylic acids is 1. The minimum atomic E-state index is -0.685. The fourth-order valence-electron chi connectivity index (χ4n) is 1.61. The summed E-state index contributed by atoms with van der Waals surface area (Å²) < 4.78 is 31.8. The molecule has 0 radical (unpaired) electrons. The topological polar surface area (TPSA) is 52.3 Å². The van der Waals surface area contributed by atoms with E-state index >= 15 is 0 Å². The van der Waals surface area contributed by atoms with E-state index in [-0.39, 0.29) is 18.5 Å². The average Bonchev–Trinajstić information content (AvgIpc) is 2.27. The number of carbonyl (C=O) groups is 1. The Kier molecular flexibility index (Phi) is 5.00. The molecule has 19 heavy (non-hydrogen) atoms. The van der Waals surface area contributed by atoms with Gasteiger partial charge in [-0.05, 0) is 51.0 Å². The van der Waals surface area contributed by atoms with Crippen molar-refractivity contribution < 1.29 is 18.3 Å². The quantitative estimate of drug-likeness (QED) is 0.856. The van der Waals surface area contributed by atoms with Crippen molar-refractivity contribution >= 4 is 5.97 Å². The maximum atomic E-state index is 13.5. The number of ether oxygens (including phenoxy) is 1. The summed E-state index contributed by atoms with van der Waals surface area (Å²) in [6.07, 6.45) is 0.0228. The zero-order valence-corrected chi connectivity index (χ0v) is 11.4. The lowest BCUT2D eigenvalue weighted by Crippen LogP contribution is -2.33. The van der Waals surface area contributed by atoms with E-state index in [4.69, 9.17) is 10.5 Å². The number of hydrogen-bond acceptors (Lipinski definition) is 3. The van der Waals surface area contributed by atoms with Gasteiger partial charge in [0, 0.05) is 6.54 Å². The summed E-state index contributed by atoms with van der Waals surface area (Å²) in [6.45, 7) is 5.23. The summed E-state index contributed by atoms with van der Waals surface area (Å²) in [5, 5.41) is 0. The Bertz CT molecular complexity index is 455. The third-order valence-corrected chi connectivity index (χ3v) is 2.50. The van der Waals surface area contributed by atoms with E-state index in [2.05, 4.69) is 0 Å². The van der Waals surface area contributed by atoms with E-state index in [1.807, 2.05) is 0 Å². The summed E-state index contributed by atoms with van der Waals surface area (Å²) in [4.78, 5) is 11.9. The van der Waals surface area contributed by atoms with Gasteiger partial charge < -0.3 is 10.5 Å². The molecule has 0 amide bonds. The van der Waals surface area contributed by atoms with Crippen LogP contribution in [0.2, 0.25) is 0 Å². The molecule has 0 saturated heterocycles. The SMILES string of the molecule is CC(C)(C)OC(=O)C(CN)Cc1cc(F)ccc1F. The standard InChI is InChI=1S/C14H19F2NO2/c1-14(2,3)19-13(18)10(8-17)6-9-7-11(15)4-5-12(9)16/h4-5,7,10H,6,8,17H2,1-3H3. The van der Waals surface area contributed by atoms with Crippen molar-refractivity contribution in [3.05, 3.63) is 35.4 Å². The molecule has 0 saturated carbocycles. The lowest BCUT2D eigenvalue weighted by Gasteiger charge is -2.23. The van der Waals surface area contributed by atoms with Crippen LogP contribution in [0, 0.1) is 17.6 Å². The first kappa shape index (κ1) is 15.6.